The Morgan fingerprint density at radius 1 is 1.38 bits per heavy atom. The molecule has 0 radical (unpaired) electrons. The molecule has 0 aliphatic carbocycles. The minimum absolute atomic E-state index is 0.195. The summed E-state index contributed by atoms with van der Waals surface area (Å²) in [4.78, 5) is 21.4. The number of carbonyl (C=O) groups excluding carboxylic acids is 1. The molecule has 2 N–H and O–H groups in total. The number of hydrogen-bond acceptors (Lipinski definition) is 4. The van der Waals surface area contributed by atoms with Gasteiger partial charge in [-0.15, -0.1) is 0 Å². The molecule has 1 rings (SSSR count). The van der Waals surface area contributed by atoms with Crippen molar-refractivity contribution in [3.8, 4) is 0 Å². The van der Waals surface area contributed by atoms with E-state index in [1.807, 2.05) is 6.07 Å². The van der Waals surface area contributed by atoms with Crippen molar-refractivity contribution in [2.45, 2.75) is 13.0 Å². The Hall–Kier alpha value is -2.04. The van der Waals surface area contributed by atoms with E-state index in [1.54, 1.807) is 24.3 Å². The van der Waals surface area contributed by atoms with Crippen LogP contribution in [0.5, 0.6) is 0 Å². The van der Waals surface area contributed by atoms with E-state index >= 15 is 0 Å². The Kier molecular flexibility index (Phi) is 4.32. The Morgan fingerprint density at radius 2 is 2.00 bits per heavy atom. The summed E-state index contributed by atoms with van der Waals surface area (Å²) in [7, 11) is 0. The summed E-state index contributed by atoms with van der Waals surface area (Å²) in [6.07, 6.45) is 0. The van der Waals surface area contributed by atoms with Crippen LogP contribution in [0.15, 0.2) is 30.3 Å². The lowest BCUT2D eigenvalue weighted by Gasteiger charge is -2.15. The molecule has 1 atom stereocenters. The molecule has 0 bridgehead atoms. The highest BCUT2D eigenvalue weighted by Crippen LogP contribution is 2.07. The van der Waals surface area contributed by atoms with Crippen molar-refractivity contribution < 1.29 is 19.4 Å². The molecule has 5 heteroatoms. The Bertz CT molecular complexity index is 364. The van der Waals surface area contributed by atoms with Gasteiger partial charge in [-0.1, -0.05) is 18.2 Å². The largest absolute Gasteiger partial charge is 0.480 e. The Labute approximate surface area is 93.0 Å². The number of carboxylic acid groups (broad SMARTS) is 1. The number of anilines is 1. The van der Waals surface area contributed by atoms with Crippen LogP contribution in [0.25, 0.3) is 0 Å². The van der Waals surface area contributed by atoms with Gasteiger partial charge in [0.05, 0.1) is 0 Å². The fourth-order valence-electron chi connectivity index (χ4n) is 1.11. The lowest BCUT2D eigenvalue weighted by Crippen LogP contribution is -2.34. The predicted molar refractivity (Wildman–Crippen MR) is 58.1 cm³/mol. The molecule has 0 aliphatic rings. The summed E-state index contributed by atoms with van der Waals surface area (Å²) in [6.45, 7) is 1.04. The van der Waals surface area contributed by atoms with E-state index in [0.29, 0.717) is 5.69 Å². The third kappa shape index (κ3) is 4.00. The number of rotatable bonds is 5. The average molecular weight is 223 g/mol. The number of benzene rings is 1. The molecule has 1 aromatic rings. The molecular formula is C11H13NO4. The van der Waals surface area contributed by atoms with Crippen molar-refractivity contribution in [3.63, 3.8) is 0 Å². The number of hydrogen-bond donors (Lipinski definition) is 2. The summed E-state index contributed by atoms with van der Waals surface area (Å²) >= 11 is 0. The summed E-state index contributed by atoms with van der Waals surface area (Å²) in [6, 6.07) is 7.94. The van der Waals surface area contributed by atoms with Crippen LogP contribution < -0.4 is 5.32 Å². The molecule has 0 amide bonds. The van der Waals surface area contributed by atoms with E-state index in [0.717, 1.165) is 0 Å². The van der Waals surface area contributed by atoms with Crippen molar-refractivity contribution in [1.82, 2.24) is 0 Å². The highest BCUT2D eigenvalue weighted by atomic mass is 16.5. The number of aliphatic carboxylic acids is 1. The van der Waals surface area contributed by atoms with Crippen LogP contribution in [0.3, 0.4) is 0 Å². The normalized spacial score (nSPS) is 11.6. The van der Waals surface area contributed by atoms with Crippen LogP contribution >= 0.6 is 0 Å². The maximum Gasteiger partial charge on any atom is 0.329 e. The van der Waals surface area contributed by atoms with Crippen LogP contribution in [0.1, 0.15) is 6.92 Å². The number of ether oxygens (including phenoxy) is 1. The van der Waals surface area contributed by atoms with Gasteiger partial charge in [0.15, 0.2) is 6.04 Å². The van der Waals surface area contributed by atoms with Crippen molar-refractivity contribution in [1.29, 1.82) is 0 Å². The molecule has 86 valence electrons. The molecule has 0 aliphatic heterocycles. The van der Waals surface area contributed by atoms with Gasteiger partial charge in [-0.25, -0.2) is 4.79 Å². The predicted octanol–water partition coefficient (Wildman–Crippen LogP) is 1.11. The Balaban J connectivity index is 2.58. The third-order valence-corrected chi connectivity index (χ3v) is 1.87. The van der Waals surface area contributed by atoms with Crippen LogP contribution in [0.2, 0.25) is 0 Å². The molecule has 0 aromatic heterocycles. The average Bonchev–Trinajstić information content (AvgIpc) is 2.25. The summed E-state index contributed by atoms with van der Waals surface area (Å²) in [5, 5.41) is 11.7. The van der Waals surface area contributed by atoms with Crippen molar-refractivity contribution in [3.05, 3.63) is 30.3 Å². The van der Waals surface area contributed by atoms with Crippen LogP contribution in [0, 0.1) is 0 Å². The quantitative estimate of drug-likeness (QED) is 0.731. The third-order valence-electron chi connectivity index (χ3n) is 1.87. The van der Waals surface area contributed by atoms with Gasteiger partial charge in [0.1, 0.15) is 6.61 Å². The SMILES string of the molecule is CC(=O)OCC(Nc1ccccc1)C(=O)O. The topological polar surface area (TPSA) is 75.6 Å². The van der Waals surface area contributed by atoms with Crippen molar-refractivity contribution in [2.75, 3.05) is 11.9 Å². The smallest absolute Gasteiger partial charge is 0.329 e. The van der Waals surface area contributed by atoms with E-state index in [9.17, 15) is 9.59 Å². The summed E-state index contributed by atoms with van der Waals surface area (Å²) in [5.74, 6) is -1.56. The van der Waals surface area contributed by atoms with Gasteiger partial charge in [-0.05, 0) is 12.1 Å². The molecule has 1 aromatic carbocycles. The molecule has 5 nitrogen and oxygen atoms in total. The van der Waals surface area contributed by atoms with Gasteiger partial charge in [-0.2, -0.15) is 0 Å². The van der Waals surface area contributed by atoms with Gasteiger partial charge < -0.3 is 15.2 Å². The first-order valence-corrected chi connectivity index (χ1v) is 4.77. The van der Waals surface area contributed by atoms with Crippen molar-refractivity contribution >= 4 is 17.6 Å². The van der Waals surface area contributed by atoms with Gasteiger partial charge >= 0.3 is 11.9 Å². The fourth-order valence-corrected chi connectivity index (χ4v) is 1.11. The highest BCUT2D eigenvalue weighted by molar-refractivity contribution is 5.78. The van der Waals surface area contributed by atoms with E-state index in [1.165, 1.54) is 6.92 Å². The number of esters is 1. The molecule has 0 fully saturated rings. The zero-order valence-corrected chi connectivity index (χ0v) is 8.84. The molecular weight excluding hydrogens is 210 g/mol. The number of para-hydroxylation sites is 1. The molecule has 1 unspecified atom stereocenters. The van der Waals surface area contributed by atoms with Crippen LogP contribution in [-0.4, -0.2) is 29.7 Å². The monoisotopic (exact) mass is 223 g/mol. The van der Waals surface area contributed by atoms with Crippen molar-refractivity contribution in [2.24, 2.45) is 0 Å². The van der Waals surface area contributed by atoms with E-state index in [4.69, 9.17) is 5.11 Å². The first-order chi connectivity index (χ1) is 7.59. The van der Waals surface area contributed by atoms with Gasteiger partial charge in [-0.3, -0.25) is 4.79 Å². The van der Waals surface area contributed by atoms with Crippen LogP contribution in [0.4, 0.5) is 5.69 Å². The highest BCUT2D eigenvalue weighted by Gasteiger charge is 2.18. The molecule has 0 saturated heterocycles. The van der Waals surface area contributed by atoms with Gasteiger partial charge in [0, 0.05) is 12.6 Å². The fraction of sp³-hybridized carbons (Fsp3) is 0.273. The van der Waals surface area contributed by atoms with Crippen LogP contribution in [-0.2, 0) is 14.3 Å². The maximum atomic E-state index is 10.9. The molecule has 0 heterocycles. The van der Waals surface area contributed by atoms with Gasteiger partial charge in [0.2, 0.25) is 0 Å². The lowest BCUT2D eigenvalue weighted by atomic mass is 10.2. The summed E-state index contributed by atoms with van der Waals surface area (Å²) < 4.78 is 4.66. The number of nitrogens with one attached hydrogen (secondary N) is 1. The van der Waals surface area contributed by atoms with E-state index in [-0.39, 0.29) is 6.61 Å². The van der Waals surface area contributed by atoms with Gasteiger partial charge in [0.25, 0.3) is 0 Å². The molecule has 0 saturated carbocycles. The Morgan fingerprint density at radius 3 is 2.50 bits per heavy atom. The standard InChI is InChI=1S/C11H13NO4/c1-8(13)16-7-10(11(14)15)12-9-5-3-2-4-6-9/h2-6,10,12H,7H2,1H3,(H,14,15). The second-order valence-electron chi connectivity index (χ2n) is 3.20. The second-order valence-corrected chi connectivity index (χ2v) is 3.20. The minimum atomic E-state index is -1.06. The summed E-state index contributed by atoms with van der Waals surface area (Å²) in [5.41, 5.74) is 0.669. The number of carbonyl (C=O) groups is 2. The zero-order chi connectivity index (χ0) is 12.0. The first kappa shape index (κ1) is 12.0. The van der Waals surface area contributed by atoms with E-state index < -0.39 is 18.0 Å². The lowest BCUT2D eigenvalue weighted by molar-refractivity contribution is -0.145. The zero-order valence-electron chi connectivity index (χ0n) is 8.84. The minimum Gasteiger partial charge on any atom is -0.480 e. The maximum absolute atomic E-state index is 10.9. The van der Waals surface area contributed by atoms with E-state index in [2.05, 4.69) is 10.1 Å². The number of carboxylic acids is 1. The molecule has 0 spiro atoms. The molecule has 16 heavy (non-hydrogen) atoms. The second kappa shape index (κ2) is 5.75. The first-order valence-electron chi connectivity index (χ1n) is 4.77.